The summed E-state index contributed by atoms with van der Waals surface area (Å²) in [4.78, 5) is 2.49. The van der Waals surface area contributed by atoms with Crippen LogP contribution in [0.4, 0.5) is 0 Å². The molecule has 2 unspecified atom stereocenters. The Morgan fingerprint density at radius 2 is 1.80 bits per heavy atom. The van der Waals surface area contributed by atoms with Gasteiger partial charge in [0.2, 0.25) is 0 Å². The highest BCUT2D eigenvalue weighted by molar-refractivity contribution is 4.78. The normalized spacial score (nSPS) is 15.6. The van der Waals surface area contributed by atoms with E-state index in [4.69, 9.17) is 0 Å². The molecule has 0 aliphatic heterocycles. The molecule has 0 amide bonds. The maximum atomic E-state index is 3.56. The molecule has 0 radical (unpaired) electrons. The standard InChI is InChI=1S/C13H30N2/c1-6-9-10-11-15(5)12(4)13(7-2)14-8-3/h12-14H,6-11H2,1-5H3. The lowest BCUT2D eigenvalue weighted by Crippen LogP contribution is -2.46. The van der Waals surface area contributed by atoms with Crippen molar-refractivity contribution in [1.29, 1.82) is 0 Å². The van der Waals surface area contributed by atoms with E-state index in [0.29, 0.717) is 12.1 Å². The molecule has 2 heteroatoms. The lowest BCUT2D eigenvalue weighted by Gasteiger charge is -2.32. The minimum absolute atomic E-state index is 0.640. The summed E-state index contributed by atoms with van der Waals surface area (Å²) >= 11 is 0. The predicted molar refractivity (Wildman–Crippen MR) is 69.4 cm³/mol. The summed E-state index contributed by atoms with van der Waals surface area (Å²) in [7, 11) is 2.25. The van der Waals surface area contributed by atoms with Crippen LogP contribution in [-0.4, -0.2) is 37.1 Å². The van der Waals surface area contributed by atoms with Crippen LogP contribution in [0.3, 0.4) is 0 Å². The Bertz CT molecular complexity index is 136. The second-order valence-corrected chi connectivity index (χ2v) is 4.50. The minimum Gasteiger partial charge on any atom is -0.313 e. The summed E-state index contributed by atoms with van der Waals surface area (Å²) in [5.74, 6) is 0. The number of likely N-dealkylation sites (N-methyl/N-ethyl adjacent to an activating group) is 2. The maximum absolute atomic E-state index is 3.56. The Hall–Kier alpha value is -0.0800. The first kappa shape index (κ1) is 14.9. The molecule has 2 atom stereocenters. The number of hydrogen-bond donors (Lipinski definition) is 1. The third kappa shape index (κ3) is 6.16. The Morgan fingerprint density at radius 1 is 1.13 bits per heavy atom. The summed E-state index contributed by atoms with van der Waals surface area (Å²) in [6, 6.07) is 1.29. The molecule has 0 saturated carbocycles. The van der Waals surface area contributed by atoms with Gasteiger partial charge in [-0.25, -0.2) is 0 Å². The first-order valence-electron chi connectivity index (χ1n) is 6.60. The van der Waals surface area contributed by atoms with E-state index in [2.05, 4.69) is 45.0 Å². The van der Waals surface area contributed by atoms with Crippen LogP contribution in [0.2, 0.25) is 0 Å². The van der Waals surface area contributed by atoms with Crippen molar-refractivity contribution in [2.45, 2.75) is 65.5 Å². The number of nitrogens with zero attached hydrogens (tertiary/aromatic N) is 1. The third-order valence-electron chi connectivity index (χ3n) is 3.30. The van der Waals surface area contributed by atoms with E-state index in [1.54, 1.807) is 0 Å². The van der Waals surface area contributed by atoms with Gasteiger partial charge in [0.05, 0.1) is 0 Å². The summed E-state index contributed by atoms with van der Waals surface area (Å²) in [5, 5.41) is 3.56. The van der Waals surface area contributed by atoms with Gasteiger partial charge in [-0.2, -0.15) is 0 Å². The molecule has 0 aromatic carbocycles. The van der Waals surface area contributed by atoms with E-state index in [1.807, 2.05) is 0 Å². The summed E-state index contributed by atoms with van der Waals surface area (Å²) in [6.07, 6.45) is 5.22. The molecule has 15 heavy (non-hydrogen) atoms. The van der Waals surface area contributed by atoms with Gasteiger partial charge in [-0.3, -0.25) is 0 Å². The largest absolute Gasteiger partial charge is 0.313 e. The molecule has 0 rings (SSSR count). The van der Waals surface area contributed by atoms with Crippen molar-refractivity contribution in [1.82, 2.24) is 10.2 Å². The van der Waals surface area contributed by atoms with E-state index in [1.165, 1.54) is 32.2 Å². The van der Waals surface area contributed by atoms with Gasteiger partial charge in [0.25, 0.3) is 0 Å². The van der Waals surface area contributed by atoms with Crippen molar-refractivity contribution >= 4 is 0 Å². The van der Waals surface area contributed by atoms with Gasteiger partial charge in [-0.15, -0.1) is 0 Å². The van der Waals surface area contributed by atoms with Crippen LogP contribution >= 0.6 is 0 Å². The molecular weight excluding hydrogens is 184 g/mol. The molecule has 0 aliphatic rings. The molecule has 92 valence electrons. The van der Waals surface area contributed by atoms with Crippen molar-refractivity contribution in [3.63, 3.8) is 0 Å². The minimum atomic E-state index is 0.640. The zero-order chi connectivity index (χ0) is 11.7. The SMILES string of the molecule is CCCCCN(C)C(C)C(CC)NCC. The van der Waals surface area contributed by atoms with Crippen LogP contribution in [0, 0.1) is 0 Å². The summed E-state index contributed by atoms with van der Waals surface area (Å²) in [5.41, 5.74) is 0. The van der Waals surface area contributed by atoms with Gasteiger partial charge in [0.1, 0.15) is 0 Å². The number of nitrogens with one attached hydrogen (secondary N) is 1. The lowest BCUT2D eigenvalue weighted by molar-refractivity contribution is 0.200. The molecule has 0 aromatic rings. The van der Waals surface area contributed by atoms with Crippen molar-refractivity contribution in [3.05, 3.63) is 0 Å². The summed E-state index contributed by atoms with van der Waals surface area (Å²) < 4.78 is 0. The highest BCUT2D eigenvalue weighted by Gasteiger charge is 2.17. The van der Waals surface area contributed by atoms with Gasteiger partial charge in [-0.05, 0) is 39.9 Å². The van der Waals surface area contributed by atoms with Crippen LogP contribution in [-0.2, 0) is 0 Å². The average molecular weight is 214 g/mol. The van der Waals surface area contributed by atoms with E-state index in [0.717, 1.165) is 6.54 Å². The molecule has 0 spiro atoms. The first-order valence-corrected chi connectivity index (χ1v) is 6.60. The number of unbranched alkanes of at least 4 members (excludes halogenated alkanes) is 2. The van der Waals surface area contributed by atoms with Gasteiger partial charge in [0, 0.05) is 12.1 Å². The van der Waals surface area contributed by atoms with Crippen LogP contribution in [0.15, 0.2) is 0 Å². The van der Waals surface area contributed by atoms with Gasteiger partial charge in [0.15, 0.2) is 0 Å². The third-order valence-corrected chi connectivity index (χ3v) is 3.30. The smallest absolute Gasteiger partial charge is 0.0217 e. The van der Waals surface area contributed by atoms with Crippen LogP contribution in [0.1, 0.15) is 53.4 Å². The van der Waals surface area contributed by atoms with E-state index in [9.17, 15) is 0 Å². The van der Waals surface area contributed by atoms with Crippen LogP contribution < -0.4 is 5.32 Å². The predicted octanol–water partition coefficient (Wildman–Crippen LogP) is 2.89. The highest BCUT2D eigenvalue weighted by Crippen LogP contribution is 2.07. The maximum Gasteiger partial charge on any atom is 0.0217 e. The van der Waals surface area contributed by atoms with Gasteiger partial charge < -0.3 is 10.2 Å². The molecule has 0 aromatic heterocycles. The molecule has 0 saturated heterocycles. The monoisotopic (exact) mass is 214 g/mol. The Morgan fingerprint density at radius 3 is 2.27 bits per heavy atom. The fourth-order valence-electron chi connectivity index (χ4n) is 2.04. The zero-order valence-corrected chi connectivity index (χ0v) is 11.3. The van der Waals surface area contributed by atoms with Gasteiger partial charge >= 0.3 is 0 Å². The van der Waals surface area contributed by atoms with Crippen LogP contribution in [0.5, 0.6) is 0 Å². The first-order chi connectivity index (χ1) is 7.17. The molecule has 1 N–H and O–H groups in total. The Kier molecular flexibility index (Phi) is 9.12. The molecule has 0 heterocycles. The molecule has 0 fully saturated rings. The second kappa shape index (κ2) is 9.17. The van der Waals surface area contributed by atoms with Crippen molar-refractivity contribution < 1.29 is 0 Å². The average Bonchev–Trinajstić information content (AvgIpc) is 2.25. The molecule has 2 nitrogen and oxygen atoms in total. The van der Waals surface area contributed by atoms with E-state index in [-0.39, 0.29) is 0 Å². The van der Waals surface area contributed by atoms with E-state index >= 15 is 0 Å². The second-order valence-electron chi connectivity index (χ2n) is 4.50. The summed E-state index contributed by atoms with van der Waals surface area (Å²) in [6.45, 7) is 11.4. The van der Waals surface area contributed by atoms with Crippen molar-refractivity contribution in [2.24, 2.45) is 0 Å². The molecule has 0 aliphatic carbocycles. The van der Waals surface area contributed by atoms with Crippen molar-refractivity contribution in [2.75, 3.05) is 20.1 Å². The zero-order valence-electron chi connectivity index (χ0n) is 11.3. The topological polar surface area (TPSA) is 15.3 Å². The Balaban J connectivity index is 3.86. The fourth-order valence-corrected chi connectivity index (χ4v) is 2.04. The van der Waals surface area contributed by atoms with Crippen LogP contribution in [0.25, 0.3) is 0 Å². The quantitative estimate of drug-likeness (QED) is 0.594. The number of rotatable bonds is 9. The Labute approximate surface area is 96.4 Å². The molecule has 0 bridgehead atoms. The number of hydrogen-bond acceptors (Lipinski definition) is 2. The lowest BCUT2D eigenvalue weighted by atomic mass is 10.1. The highest BCUT2D eigenvalue weighted by atomic mass is 15.2. The van der Waals surface area contributed by atoms with Gasteiger partial charge in [-0.1, -0.05) is 33.6 Å². The fraction of sp³-hybridized carbons (Fsp3) is 1.00. The molecular formula is C13H30N2. The van der Waals surface area contributed by atoms with E-state index < -0.39 is 0 Å². The van der Waals surface area contributed by atoms with Crippen molar-refractivity contribution in [3.8, 4) is 0 Å².